The van der Waals surface area contributed by atoms with Gasteiger partial charge in [-0.1, -0.05) is 19.3 Å². The van der Waals surface area contributed by atoms with E-state index >= 15 is 0 Å². The van der Waals surface area contributed by atoms with E-state index in [4.69, 9.17) is 18.9 Å². The van der Waals surface area contributed by atoms with Crippen LogP contribution < -0.4 is 5.32 Å². The van der Waals surface area contributed by atoms with Crippen LogP contribution in [0.3, 0.4) is 0 Å². The molecule has 0 aromatic rings. The van der Waals surface area contributed by atoms with Crippen molar-refractivity contribution in [2.24, 2.45) is 5.92 Å². The second-order valence-electron chi connectivity index (χ2n) is 7.53. The molecular weight excluding hydrogens is 342 g/mol. The van der Waals surface area contributed by atoms with Crippen LogP contribution in [-0.4, -0.2) is 56.6 Å². The lowest BCUT2D eigenvalue weighted by Gasteiger charge is -2.31. The van der Waals surface area contributed by atoms with Crippen molar-refractivity contribution in [2.45, 2.75) is 64.0 Å². The van der Waals surface area contributed by atoms with Crippen molar-refractivity contribution in [3.8, 4) is 0 Å². The first-order chi connectivity index (χ1) is 12.1. The van der Waals surface area contributed by atoms with Crippen LogP contribution in [0.15, 0.2) is 0 Å². The van der Waals surface area contributed by atoms with Gasteiger partial charge in [0.1, 0.15) is 5.60 Å². The Hall–Kier alpha value is -1.83. The van der Waals surface area contributed by atoms with Crippen LogP contribution >= 0.6 is 0 Å². The Labute approximate surface area is 154 Å². The standard InChI is InChI=1S/C18H31NO7/c1-17(2,3)26-16(22)19-18(14(20)23-4,15(21)24-5)12-25-11-13-9-7-6-8-10-13/h13H,6-12H2,1-5H3,(H,19,22). The summed E-state index contributed by atoms with van der Waals surface area (Å²) in [5.74, 6) is -1.57. The van der Waals surface area contributed by atoms with Crippen LogP contribution in [0.2, 0.25) is 0 Å². The summed E-state index contributed by atoms with van der Waals surface area (Å²) < 4.78 is 20.2. The minimum Gasteiger partial charge on any atom is -0.467 e. The lowest BCUT2D eigenvalue weighted by Crippen LogP contribution is -2.64. The number of hydrogen-bond donors (Lipinski definition) is 1. The number of nitrogens with one attached hydrogen (secondary N) is 1. The molecule has 0 aromatic heterocycles. The molecule has 8 nitrogen and oxygen atoms in total. The quantitative estimate of drug-likeness (QED) is 0.415. The van der Waals surface area contributed by atoms with E-state index in [1.165, 1.54) is 6.42 Å². The van der Waals surface area contributed by atoms with Gasteiger partial charge in [0.2, 0.25) is 0 Å². The molecule has 0 bridgehead atoms. The van der Waals surface area contributed by atoms with Gasteiger partial charge >= 0.3 is 18.0 Å². The average molecular weight is 373 g/mol. The molecule has 0 unspecified atom stereocenters. The minimum atomic E-state index is -2.11. The fourth-order valence-corrected chi connectivity index (χ4v) is 2.90. The molecule has 1 N–H and O–H groups in total. The zero-order valence-corrected chi connectivity index (χ0v) is 16.4. The minimum absolute atomic E-state index is 0.373. The summed E-state index contributed by atoms with van der Waals surface area (Å²) >= 11 is 0. The summed E-state index contributed by atoms with van der Waals surface area (Å²) in [5, 5.41) is 2.29. The van der Waals surface area contributed by atoms with Gasteiger partial charge in [-0.3, -0.25) is 5.32 Å². The maximum Gasteiger partial charge on any atom is 0.409 e. The van der Waals surface area contributed by atoms with Crippen molar-refractivity contribution in [3.05, 3.63) is 0 Å². The molecule has 0 radical (unpaired) electrons. The van der Waals surface area contributed by atoms with Crippen LogP contribution in [0.4, 0.5) is 4.79 Å². The van der Waals surface area contributed by atoms with E-state index in [-0.39, 0.29) is 6.61 Å². The lowest BCUT2D eigenvalue weighted by molar-refractivity contribution is -0.167. The number of alkyl carbamates (subject to hydrolysis) is 1. The van der Waals surface area contributed by atoms with Crippen molar-refractivity contribution in [2.75, 3.05) is 27.4 Å². The van der Waals surface area contributed by atoms with E-state index in [0.29, 0.717) is 12.5 Å². The van der Waals surface area contributed by atoms with E-state index in [2.05, 4.69) is 5.32 Å². The molecule has 0 aliphatic heterocycles. The molecule has 0 heterocycles. The Morgan fingerprint density at radius 2 is 1.50 bits per heavy atom. The SMILES string of the molecule is COC(=O)C(COCC1CCCCC1)(NC(=O)OC(C)(C)C)C(=O)OC. The van der Waals surface area contributed by atoms with Crippen LogP contribution in [-0.2, 0) is 28.5 Å². The van der Waals surface area contributed by atoms with Gasteiger partial charge < -0.3 is 18.9 Å². The number of hydrogen-bond acceptors (Lipinski definition) is 7. The zero-order chi connectivity index (χ0) is 19.8. The summed E-state index contributed by atoms with van der Waals surface area (Å²) in [4.78, 5) is 36.9. The molecule has 26 heavy (non-hydrogen) atoms. The van der Waals surface area contributed by atoms with E-state index in [1.54, 1.807) is 20.8 Å². The molecule has 8 heteroatoms. The van der Waals surface area contributed by atoms with Crippen molar-refractivity contribution in [3.63, 3.8) is 0 Å². The maximum absolute atomic E-state index is 12.3. The van der Waals surface area contributed by atoms with E-state index < -0.39 is 29.2 Å². The predicted molar refractivity (Wildman–Crippen MR) is 93.5 cm³/mol. The monoisotopic (exact) mass is 373 g/mol. The first kappa shape index (κ1) is 22.2. The molecule has 1 saturated carbocycles. The lowest BCUT2D eigenvalue weighted by atomic mass is 9.90. The van der Waals surface area contributed by atoms with Crippen LogP contribution in [0.5, 0.6) is 0 Å². The molecule has 0 spiro atoms. The van der Waals surface area contributed by atoms with Gasteiger partial charge in [0.05, 0.1) is 20.8 Å². The molecule has 150 valence electrons. The summed E-state index contributed by atoms with van der Waals surface area (Å²) in [5.41, 5.74) is -2.91. The normalized spacial score (nSPS) is 15.9. The largest absolute Gasteiger partial charge is 0.467 e. The van der Waals surface area contributed by atoms with Crippen molar-refractivity contribution in [1.29, 1.82) is 0 Å². The molecule has 0 aromatic carbocycles. The fraction of sp³-hybridized carbons (Fsp3) is 0.833. The highest BCUT2D eigenvalue weighted by Gasteiger charge is 2.51. The zero-order valence-electron chi connectivity index (χ0n) is 16.4. The Morgan fingerprint density at radius 1 is 0.962 bits per heavy atom. The van der Waals surface area contributed by atoms with Crippen LogP contribution in [0, 0.1) is 5.92 Å². The third kappa shape index (κ3) is 6.48. The van der Waals surface area contributed by atoms with Gasteiger partial charge in [-0.05, 0) is 39.5 Å². The number of esters is 2. The summed E-state index contributed by atoms with van der Waals surface area (Å²) in [6, 6.07) is 0. The number of methoxy groups -OCH3 is 2. The van der Waals surface area contributed by atoms with Gasteiger partial charge in [-0.25, -0.2) is 14.4 Å². The van der Waals surface area contributed by atoms with E-state index in [1.807, 2.05) is 0 Å². The third-order valence-corrected chi connectivity index (χ3v) is 4.18. The Balaban J connectivity index is 2.88. The average Bonchev–Trinajstić information content (AvgIpc) is 2.58. The van der Waals surface area contributed by atoms with Crippen LogP contribution in [0.1, 0.15) is 52.9 Å². The second-order valence-corrected chi connectivity index (χ2v) is 7.53. The van der Waals surface area contributed by atoms with Crippen LogP contribution in [0.25, 0.3) is 0 Å². The summed E-state index contributed by atoms with van der Waals surface area (Å²) in [6.45, 7) is 5.02. The number of amides is 1. The van der Waals surface area contributed by atoms with Crippen molar-refractivity contribution < 1.29 is 33.3 Å². The van der Waals surface area contributed by atoms with Gasteiger partial charge in [-0.2, -0.15) is 0 Å². The highest BCUT2D eigenvalue weighted by molar-refractivity contribution is 6.07. The molecule has 1 amide bonds. The van der Waals surface area contributed by atoms with Gasteiger partial charge in [0.25, 0.3) is 5.54 Å². The molecule has 0 atom stereocenters. The number of carbonyl (C=O) groups is 3. The second kappa shape index (κ2) is 9.75. The molecule has 1 rings (SSSR count). The van der Waals surface area contributed by atoms with Gasteiger partial charge in [0.15, 0.2) is 0 Å². The molecule has 1 fully saturated rings. The first-order valence-corrected chi connectivity index (χ1v) is 8.90. The Morgan fingerprint density at radius 3 is 1.96 bits per heavy atom. The summed E-state index contributed by atoms with van der Waals surface area (Å²) in [7, 11) is 2.25. The summed E-state index contributed by atoms with van der Waals surface area (Å²) in [6.07, 6.45) is 4.65. The molecule has 0 saturated heterocycles. The fourth-order valence-electron chi connectivity index (χ4n) is 2.90. The Kier molecular flexibility index (Phi) is 8.33. The smallest absolute Gasteiger partial charge is 0.409 e. The number of ether oxygens (including phenoxy) is 4. The highest BCUT2D eigenvalue weighted by atomic mass is 16.6. The molecule has 1 aliphatic carbocycles. The first-order valence-electron chi connectivity index (χ1n) is 8.90. The van der Waals surface area contributed by atoms with Crippen molar-refractivity contribution >= 4 is 18.0 Å². The van der Waals surface area contributed by atoms with Gasteiger partial charge in [-0.15, -0.1) is 0 Å². The topological polar surface area (TPSA) is 100 Å². The highest BCUT2D eigenvalue weighted by Crippen LogP contribution is 2.24. The number of rotatable bonds is 7. The molecular formula is C18H31NO7. The predicted octanol–water partition coefficient (Wildman–Crippen LogP) is 2.19. The third-order valence-electron chi connectivity index (χ3n) is 4.18. The van der Waals surface area contributed by atoms with E-state index in [0.717, 1.165) is 39.9 Å². The molecule has 1 aliphatic rings. The van der Waals surface area contributed by atoms with Gasteiger partial charge in [0, 0.05) is 6.61 Å². The van der Waals surface area contributed by atoms with E-state index in [9.17, 15) is 14.4 Å². The van der Waals surface area contributed by atoms with Crippen molar-refractivity contribution in [1.82, 2.24) is 5.32 Å². The maximum atomic E-state index is 12.3. The number of carbonyl (C=O) groups excluding carboxylic acids is 3. The Bertz CT molecular complexity index is 476.